The van der Waals surface area contributed by atoms with Crippen molar-refractivity contribution in [1.29, 1.82) is 0 Å². The molecule has 5 aromatic carbocycles. The van der Waals surface area contributed by atoms with Gasteiger partial charge in [-0.1, -0.05) is 115 Å². The van der Waals surface area contributed by atoms with Crippen molar-refractivity contribution in [2.45, 2.75) is 0 Å². The lowest BCUT2D eigenvalue weighted by Crippen LogP contribution is -1.95. The van der Waals surface area contributed by atoms with E-state index in [0.29, 0.717) is 0 Å². The summed E-state index contributed by atoms with van der Waals surface area (Å²) in [4.78, 5) is 9.66. The van der Waals surface area contributed by atoms with Crippen molar-refractivity contribution in [2.75, 3.05) is 0 Å². The summed E-state index contributed by atoms with van der Waals surface area (Å²) in [5.74, 6) is 0. The highest BCUT2D eigenvalue weighted by atomic mass is 15.0. The molecule has 4 nitrogen and oxygen atoms in total. The largest absolute Gasteiger partial charge is 0.317 e. The van der Waals surface area contributed by atoms with Gasteiger partial charge in [-0.2, -0.15) is 0 Å². The van der Waals surface area contributed by atoms with Gasteiger partial charge in [-0.15, -0.1) is 0 Å². The van der Waals surface area contributed by atoms with Gasteiger partial charge in [-0.3, -0.25) is 9.97 Å². The van der Waals surface area contributed by atoms with E-state index in [1.165, 1.54) is 27.2 Å². The van der Waals surface area contributed by atoms with Crippen LogP contribution in [-0.4, -0.2) is 19.1 Å². The van der Waals surface area contributed by atoms with E-state index in [1.54, 1.807) is 0 Å². The monoisotopic (exact) mass is 640 g/mol. The van der Waals surface area contributed by atoms with Gasteiger partial charge in [-0.05, 0) is 66.0 Å². The number of para-hydroxylation sites is 3. The van der Waals surface area contributed by atoms with Gasteiger partial charge in [0.1, 0.15) is 0 Å². The molecule has 0 saturated heterocycles. The zero-order valence-electron chi connectivity index (χ0n) is 27.3. The number of nitrogens with zero attached hydrogens (tertiary/aromatic N) is 4. The third kappa shape index (κ3) is 5.39. The molecule has 9 rings (SSSR count). The van der Waals surface area contributed by atoms with Gasteiger partial charge in [-0.25, -0.2) is 0 Å². The fourth-order valence-electron chi connectivity index (χ4n) is 6.82. The second-order valence-corrected chi connectivity index (χ2v) is 12.3. The third-order valence-electron chi connectivity index (χ3n) is 9.34. The van der Waals surface area contributed by atoms with Crippen molar-refractivity contribution in [1.82, 2.24) is 19.1 Å². The molecule has 0 amide bonds. The predicted octanol–water partition coefficient (Wildman–Crippen LogP) is 11.6. The smallest absolute Gasteiger partial charge is 0.0702 e. The fourth-order valence-corrected chi connectivity index (χ4v) is 6.82. The summed E-state index contributed by atoms with van der Waals surface area (Å²) in [5.41, 5.74) is 11.9. The Morgan fingerprint density at radius 2 is 0.800 bits per heavy atom. The van der Waals surface area contributed by atoms with Gasteiger partial charge in [0, 0.05) is 63.0 Å². The average molecular weight is 641 g/mol. The molecule has 4 aromatic heterocycles. The number of hydrogen-bond acceptors (Lipinski definition) is 2. The predicted molar refractivity (Wildman–Crippen MR) is 207 cm³/mol. The molecule has 50 heavy (non-hydrogen) atoms. The average Bonchev–Trinajstić information content (AvgIpc) is 3.57. The molecule has 0 saturated carbocycles. The molecule has 0 fully saturated rings. The maximum Gasteiger partial charge on any atom is 0.0702 e. The number of hydrogen-bond donors (Lipinski definition) is 0. The summed E-state index contributed by atoms with van der Waals surface area (Å²) in [7, 11) is 0. The molecule has 0 aliphatic carbocycles. The maximum atomic E-state index is 4.83. The number of aromatic nitrogens is 4. The van der Waals surface area contributed by atoms with Gasteiger partial charge < -0.3 is 9.13 Å². The van der Waals surface area contributed by atoms with Crippen LogP contribution >= 0.6 is 0 Å². The van der Waals surface area contributed by atoms with Crippen LogP contribution in [0.15, 0.2) is 195 Å². The van der Waals surface area contributed by atoms with Crippen LogP contribution in [0.4, 0.5) is 0 Å². The SMILES string of the molecule is c1cccn(-c2ccc(-c3ccc(-c4ccc(-c5ccc(-n6c7ccccc7c7ccccc76)cc5)nc4)cn3)cc2)c2ccccc2cc1. The van der Waals surface area contributed by atoms with E-state index in [0.717, 1.165) is 50.5 Å². The highest BCUT2D eigenvalue weighted by molar-refractivity contribution is 6.09. The van der Waals surface area contributed by atoms with E-state index < -0.39 is 0 Å². The van der Waals surface area contributed by atoms with E-state index in [-0.39, 0.29) is 0 Å². The Morgan fingerprint density at radius 1 is 0.340 bits per heavy atom. The minimum absolute atomic E-state index is 0.930. The molecule has 0 atom stereocenters. The molecule has 0 aliphatic rings. The second kappa shape index (κ2) is 12.7. The van der Waals surface area contributed by atoms with E-state index in [2.05, 4.69) is 179 Å². The van der Waals surface area contributed by atoms with Crippen LogP contribution in [0.1, 0.15) is 0 Å². The lowest BCUT2D eigenvalue weighted by atomic mass is 10.1. The Kier molecular flexibility index (Phi) is 7.45. The summed E-state index contributed by atoms with van der Waals surface area (Å²) < 4.78 is 4.55. The Bertz CT molecular complexity index is 2610. The molecule has 0 radical (unpaired) electrons. The summed E-state index contributed by atoms with van der Waals surface area (Å²) in [6.45, 7) is 0. The van der Waals surface area contributed by atoms with Crippen molar-refractivity contribution in [3.63, 3.8) is 0 Å². The first-order chi connectivity index (χ1) is 24.8. The first-order valence-corrected chi connectivity index (χ1v) is 16.8. The minimum atomic E-state index is 0.930. The van der Waals surface area contributed by atoms with Crippen molar-refractivity contribution >= 4 is 32.7 Å². The van der Waals surface area contributed by atoms with Gasteiger partial charge in [0.2, 0.25) is 0 Å². The minimum Gasteiger partial charge on any atom is -0.317 e. The third-order valence-corrected chi connectivity index (χ3v) is 9.34. The summed E-state index contributed by atoms with van der Waals surface area (Å²) in [5, 5.41) is 3.69. The van der Waals surface area contributed by atoms with Crippen LogP contribution in [-0.2, 0) is 0 Å². The first-order valence-electron chi connectivity index (χ1n) is 16.8. The quantitative estimate of drug-likeness (QED) is 0.188. The Morgan fingerprint density at radius 3 is 1.36 bits per heavy atom. The molecule has 0 N–H and O–H groups in total. The summed E-state index contributed by atoms with van der Waals surface area (Å²) >= 11 is 0. The van der Waals surface area contributed by atoms with Gasteiger partial charge in [0.15, 0.2) is 0 Å². The Labute approximate surface area is 290 Å². The normalized spacial score (nSPS) is 11.2. The Balaban J connectivity index is 0.946. The molecule has 236 valence electrons. The van der Waals surface area contributed by atoms with E-state index in [4.69, 9.17) is 9.97 Å². The molecule has 0 aliphatic heterocycles. The van der Waals surface area contributed by atoms with Crippen LogP contribution in [0.3, 0.4) is 0 Å². The number of benzene rings is 5. The molecule has 4 heterocycles. The van der Waals surface area contributed by atoms with Crippen molar-refractivity contribution < 1.29 is 0 Å². The first kappa shape index (κ1) is 29.4. The topological polar surface area (TPSA) is 35.6 Å². The lowest BCUT2D eigenvalue weighted by Gasteiger charge is -2.10. The standard InChI is InChI=1S/C46H32N4/c1-2-10-30-49(44-15-7-4-12-35(44)11-3-1)38-24-18-33(19-25-38)42-28-22-36(31-47-42)37-23-29-43(48-32-37)34-20-26-39(27-21-34)50-45-16-8-5-13-40(45)41-14-6-9-17-46(41)50/h1-32H. The van der Waals surface area contributed by atoms with Crippen LogP contribution < -0.4 is 0 Å². The number of fused-ring (bicyclic) bond motifs is 4. The van der Waals surface area contributed by atoms with Crippen molar-refractivity contribution in [2.24, 2.45) is 0 Å². The highest BCUT2D eigenvalue weighted by Gasteiger charge is 2.12. The Hall–Kier alpha value is -6.78. The number of rotatable bonds is 5. The van der Waals surface area contributed by atoms with Crippen LogP contribution in [0.25, 0.3) is 77.7 Å². The summed E-state index contributed by atoms with van der Waals surface area (Å²) in [6, 6.07) is 61.6. The zero-order chi connectivity index (χ0) is 33.3. The lowest BCUT2D eigenvalue weighted by molar-refractivity contribution is 1.11. The van der Waals surface area contributed by atoms with E-state index in [9.17, 15) is 0 Å². The van der Waals surface area contributed by atoms with Crippen LogP contribution in [0.5, 0.6) is 0 Å². The van der Waals surface area contributed by atoms with Crippen LogP contribution in [0.2, 0.25) is 0 Å². The van der Waals surface area contributed by atoms with Crippen molar-refractivity contribution in [3.8, 4) is 45.0 Å². The van der Waals surface area contributed by atoms with Gasteiger partial charge >= 0.3 is 0 Å². The zero-order valence-corrected chi connectivity index (χ0v) is 27.3. The molecular weight excluding hydrogens is 609 g/mol. The number of pyridine rings is 2. The molecule has 9 aromatic rings. The van der Waals surface area contributed by atoms with E-state index in [1.807, 2.05) is 24.5 Å². The van der Waals surface area contributed by atoms with E-state index >= 15 is 0 Å². The second-order valence-electron chi connectivity index (χ2n) is 12.3. The molecular formula is C46H32N4. The highest BCUT2D eigenvalue weighted by Crippen LogP contribution is 2.33. The molecule has 4 heteroatoms. The molecule has 0 unspecified atom stereocenters. The van der Waals surface area contributed by atoms with Gasteiger partial charge in [0.25, 0.3) is 0 Å². The van der Waals surface area contributed by atoms with Crippen molar-refractivity contribution in [3.05, 3.63) is 195 Å². The van der Waals surface area contributed by atoms with Crippen LogP contribution in [0, 0.1) is 0 Å². The fraction of sp³-hybridized carbons (Fsp3) is 0. The molecule has 0 spiro atoms. The molecule has 0 bridgehead atoms. The maximum absolute atomic E-state index is 4.83. The van der Waals surface area contributed by atoms with Gasteiger partial charge in [0.05, 0.1) is 27.9 Å². The summed E-state index contributed by atoms with van der Waals surface area (Å²) in [6.07, 6.45) is 5.97.